The molecule has 4 N–H and O–H groups in total. The molecule has 6 nitrogen and oxygen atoms in total. The SMILES string of the molecule is C#CC[C@@H](NC(=O)[C@H](NC(C)=O)C(C)C)C(N)=O. The van der Waals surface area contributed by atoms with Gasteiger partial charge >= 0.3 is 0 Å². The molecule has 0 bridgehead atoms. The van der Waals surface area contributed by atoms with Gasteiger partial charge in [-0.1, -0.05) is 13.8 Å². The van der Waals surface area contributed by atoms with Gasteiger partial charge in [0, 0.05) is 13.3 Å². The van der Waals surface area contributed by atoms with E-state index in [0.29, 0.717) is 0 Å². The first kappa shape index (κ1) is 16.0. The lowest BCUT2D eigenvalue weighted by molar-refractivity contribution is -0.131. The molecule has 0 rings (SSSR count). The minimum absolute atomic E-state index is 0.0198. The first-order valence-electron chi connectivity index (χ1n) is 5.59. The molecule has 0 fully saturated rings. The summed E-state index contributed by atoms with van der Waals surface area (Å²) in [5, 5.41) is 4.94. The lowest BCUT2D eigenvalue weighted by Gasteiger charge is -2.23. The predicted molar refractivity (Wildman–Crippen MR) is 67.0 cm³/mol. The molecule has 2 atom stereocenters. The summed E-state index contributed by atoms with van der Waals surface area (Å²) < 4.78 is 0. The number of hydrogen-bond acceptors (Lipinski definition) is 3. The van der Waals surface area contributed by atoms with Crippen molar-refractivity contribution in [3.8, 4) is 12.3 Å². The Morgan fingerprint density at radius 1 is 1.28 bits per heavy atom. The Bertz CT molecular complexity index is 371. The van der Waals surface area contributed by atoms with E-state index in [1.807, 2.05) is 0 Å². The van der Waals surface area contributed by atoms with Gasteiger partial charge in [-0.2, -0.15) is 0 Å². The van der Waals surface area contributed by atoms with Crippen molar-refractivity contribution < 1.29 is 14.4 Å². The van der Waals surface area contributed by atoms with E-state index in [1.165, 1.54) is 6.92 Å². The van der Waals surface area contributed by atoms with Crippen LogP contribution in [0.25, 0.3) is 0 Å². The highest BCUT2D eigenvalue weighted by Gasteiger charge is 2.26. The second-order valence-corrected chi connectivity index (χ2v) is 4.29. The number of nitrogens with two attached hydrogens (primary N) is 1. The molecule has 0 spiro atoms. The maximum Gasteiger partial charge on any atom is 0.243 e. The van der Waals surface area contributed by atoms with Crippen LogP contribution in [0, 0.1) is 18.3 Å². The van der Waals surface area contributed by atoms with Gasteiger partial charge in [-0.25, -0.2) is 0 Å². The Kier molecular flexibility index (Phi) is 6.50. The molecule has 0 unspecified atom stereocenters. The molecule has 100 valence electrons. The van der Waals surface area contributed by atoms with E-state index < -0.39 is 23.9 Å². The van der Waals surface area contributed by atoms with E-state index in [1.54, 1.807) is 13.8 Å². The Hall–Kier alpha value is -2.03. The van der Waals surface area contributed by atoms with Crippen LogP contribution < -0.4 is 16.4 Å². The van der Waals surface area contributed by atoms with E-state index in [4.69, 9.17) is 12.2 Å². The molecular formula is C12H19N3O3. The van der Waals surface area contributed by atoms with Gasteiger partial charge in [0.2, 0.25) is 17.7 Å². The van der Waals surface area contributed by atoms with Gasteiger partial charge in [0.05, 0.1) is 0 Å². The van der Waals surface area contributed by atoms with Gasteiger partial charge in [0.1, 0.15) is 12.1 Å². The Morgan fingerprint density at radius 3 is 2.17 bits per heavy atom. The molecule has 0 aromatic heterocycles. The first-order valence-corrected chi connectivity index (χ1v) is 5.59. The van der Waals surface area contributed by atoms with Crippen molar-refractivity contribution in [2.45, 2.75) is 39.3 Å². The Balaban J connectivity index is 4.72. The standard InChI is InChI=1S/C12H19N3O3/c1-5-6-9(11(13)17)15-12(18)10(7(2)3)14-8(4)16/h1,7,9-10H,6H2,2-4H3,(H2,13,17)(H,14,16)(H,15,18)/t9-,10-/m1/s1. The zero-order valence-corrected chi connectivity index (χ0v) is 10.8. The number of nitrogens with one attached hydrogen (secondary N) is 2. The Labute approximate surface area is 107 Å². The minimum Gasteiger partial charge on any atom is -0.368 e. The lowest BCUT2D eigenvalue weighted by atomic mass is 10.0. The molecular weight excluding hydrogens is 234 g/mol. The first-order chi connectivity index (χ1) is 8.29. The molecule has 0 aromatic carbocycles. The number of rotatable bonds is 6. The maximum absolute atomic E-state index is 11.9. The molecule has 0 heterocycles. The summed E-state index contributed by atoms with van der Waals surface area (Å²) in [5.41, 5.74) is 5.11. The molecule has 0 aliphatic rings. The second-order valence-electron chi connectivity index (χ2n) is 4.29. The molecule has 0 saturated carbocycles. The zero-order valence-electron chi connectivity index (χ0n) is 10.8. The number of primary amides is 1. The van der Waals surface area contributed by atoms with Crippen LogP contribution in [0.1, 0.15) is 27.2 Å². The Morgan fingerprint density at radius 2 is 1.83 bits per heavy atom. The smallest absolute Gasteiger partial charge is 0.243 e. The van der Waals surface area contributed by atoms with E-state index in [9.17, 15) is 14.4 Å². The fourth-order valence-electron chi connectivity index (χ4n) is 1.36. The highest BCUT2D eigenvalue weighted by molar-refractivity contribution is 5.91. The summed E-state index contributed by atoms with van der Waals surface area (Å²) >= 11 is 0. The summed E-state index contributed by atoms with van der Waals surface area (Å²) in [6.45, 7) is 4.87. The van der Waals surface area contributed by atoms with Gasteiger partial charge in [-0.3, -0.25) is 14.4 Å². The number of terminal acetylenes is 1. The van der Waals surface area contributed by atoms with Crippen molar-refractivity contribution >= 4 is 17.7 Å². The van der Waals surface area contributed by atoms with Gasteiger partial charge in [-0.05, 0) is 5.92 Å². The summed E-state index contributed by atoms with van der Waals surface area (Å²) in [7, 11) is 0. The monoisotopic (exact) mass is 253 g/mol. The van der Waals surface area contributed by atoms with Crippen LogP contribution in [-0.2, 0) is 14.4 Å². The fourth-order valence-corrected chi connectivity index (χ4v) is 1.36. The molecule has 0 radical (unpaired) electrons. The summed E-state index contributed by atoms with van der Waals surface area (Å²) in [5.74, 6) is 0.645. The number of amides is 3. The van der Waals surface area contributed by atoms with Crippen LogP contribution in [0.15, 0.2) is 0 Å². The maximum atomic E-state index is 11.9. The summed E-state index contributed by atoms with van der Waals surface area (Å²) in [6.07, 6.45) is 5.10. The molecule has 18 heavy (non-hydrogen) atoms. The highest BCUT2D eigenvalue weighted by Crippen LogP contribution is 2.03. The quantitative estimate of drug-likeness (QED) is 0.537. The minimum atomic E-state index is -0.919. The van der Waals surface area contributed by atoms with Crippen molar-refractivity contribution in [1.29, 1.82) is 0 Å². The number of hydrogen-bond donors (Lipinski definition) is 3. The molecule has 0 saturated heterocycles. The van der Waals surface area contributed by atoms with Crippen LogP contribution in [0.5, 0.6) is 0 Å². The van der Waals surface area contributed by atoms with Gasteiger partial charge < -0.3 is 16.4 Å². The normalized spacial score (nSPS) is 13.3. The van der Waals surface area contributed by atoms with Crippen molar-refractivity contribution in [2.24, 2.45) is 11.7 Å². The molecule has 0 aromatic rings. The van der Waals surface area contributed by atoms with Crippen molar-refractivity contribution in [2.75, 3.05) is 0 Å². The van der Waals surface area contributed by atoms with E-state index in [2.05, 4.69) is 16.6 Å². The van der Waals surface area contributed by atoms with Crippen LogP contribution in [0.2, 0.25) is 0 Å². The van der Waals surface area contributed by atoms with Crippen molar-refractivity contribution in [3.63, 3.8) is 0 Å². The van der Waals surface area contributed by atoms with Gasteiger partial charge in [-0.15, -0.1) is 12.3 Å². The third kappa shape index (κ3) is 5.34. The highest BCUT2D eigenvalue weighted by atomic mass is 16.2. The lowest BCUT2D eigenvalue weighted by Crippen LogP contribution is -2.54. The van der Waals surface area contributed by atoms with Crippen molar-refractivity contribution in [1.82, 2.24) is 10.6 Å². The number of carbonyl (C=O) groups is 3. The van der Waals surface area contributed by atoms with Crippen molar-refractivity contribution in [3.05, 3.63) is 0 Å². The topological polar surface area (TPSA) is 101 Å². The molecule has 0 aliphatic carbocycles. The fraction of sp³-hybridized carbons (Fsp3) is 0.583. The van der Waals surface area contributed by atoms with Crippen LogP contribution in [-0.4, -0.2) is 29.8 Å². The molecule has 0 aliphatic heterocycles. The second kappa shape index (κ2) is 7.33. The average Bonchev–Trinajstić information content (AvgIpc) is 2.24. The van der Waals surface area contributed by atoms with E-state index >= 15 is 0 Å². The summed E-state index contributed by atoms with van der Waals surface area (Å²) in [6, 6.07) is -1.64. The average molecular weight is 253 g/mol. The van der Waals surface area contributed by atoms with E-state index in [0.717, 1.165) is 0 Å². The molecule has 6 heteroatoms. The predicted octanol–water partition coefficient (Wildman–Crippen LogP) is -0.859. The number of carbonyl (C=O) groups excluding carboxylic acids is 3. The third-order valence-electron chi connectivity index (χ3n) is 2.29. The molecule has 3 amide bonds. The van der Waals surface area contributed by atoms with Crippen LogP contribution >= 0.6 is 0 Å². The van der Waals surface area contributed by atoms with Crippen LogP contribution in [0.3, 0.4) is 0 Å². The van der Waals surface area contributed by atoms with Gasteiger partial charge in [0.25, 0.3) is 0 Å². The van der Waals surface area contributed by atoms with Crippen LogP contribution in [0.4, 0.5) is 0 Å². The largest absolute Gasteiger partial charge is 0.368 e. The van der Waals surface area contributed by atoms with E-state index in [-0.39, 0.29) is 18.2 Å². The third-order valence-corrected chi connectivity index (χ3v) is 2.29. The van der Waals surface area contributed by atoms with Gasteiger partial charge in [0.15, 0.2) is 0 Å². The zero-order chi connectivity index (χ0) is 14.3. The summed E-state index contributed by atoms with van der Waals surface area (Å²) in [4.78, 5) is 34.0.